The van der Waals surface area contributed by atoms with Crippen LogP contribution < -0.4 is 0 Å². The first kappa shape index (κ1) is 22.4. The molecule has 25 heavy (non-hydrogen) atoms. The fourth-order valence-electron chi connectivity index (χ4n) is 3.87. The van der Waals surface area contributed by atoms with E-state index in [2.05, 4.69) is 89.1 Å². The van der Waals surface area contributed by atoms with Crippen LogP contribution in [0.5, 0.6) is 0 Å². The minimum atomic E-state index is -1.28. The molecule has 0 radical (unpaired) electrons. The van der Waals surface area contributed by atoms with Gasteiger partial charge in [-0.3, -0.25) is 0 Å². The van der Waals surface area contributed by atoms with Crippen molar-refractivity contribution in [2.45, 2.75) is 51.8 Å². The van der Waals surface area contributed by atoms with E-state index in [1.807, 2.05) is 0 Å². The van der Waals surface area contributed by atoms with Gasteiger partial charge in [0.1, 0.15) is 0 Å². The molecule has 0 N–H and O–H groups in total. The Morgan fingerprint density at radius 2 is 1.60 bits per heavy atom. The second-order valence-corrected chi connectivity index (χ2v) is 11.0. The third kappa shape index (κ3) is 9.55. The maximum atomic E-state index is 6.58. The molecule has 0 aliphatic carbocycles. The summed E-state index contributed by atoms with van der Waals surface area (Å²) in [5, 5.41) is 0. The molecule has 144 valence electrons. The molecule has 1 aromatic carbocycles. The Balaban J connectivity index is 2.80. The fourth-order valence-corrected chi connectivity index (χ4v) is 7.17. The van der Waals surface area contributed by atoms with Crippen molar-refractivity contribution in [3.63, 3.8) is 0 Å². The normalized spacial score (nSPS) is 14.9. The number of hydrogen-bond donors (Lipinski definition) is 0. The third-order valence-electron chi connectivity index (χ3n) is 4.71. The largest absolute Gasteiger partial charge is 0.417 e. The van der Waals surface area contributed by atoms with Crippen LogP contribution in [0.25, 0.3) is 0 Å². The highest BCUT2D eigenvalue weighted by molar-refractivity contribution is 6.52. The Morgan fingerprint density at radius 1 is 1.04 bits per heavy atom. The van der Waals surface area contributed by atoms with Gasteiger partial charge in [0.05, 0.1) is 0 Å². The Hall–Kier alpha value is -0.683. The fraction of sp³-hybridized carbons (Fsp3) is 0.714. The lowest BCUT2D eigenvalue weighted by molar-refractivity contribution is 0.162. The Labute approximate surface area is 158 Å². The van der Waals surface area contributed by atoms with Crippen molar-refractivity contribution in [1.29, 1.82) is 0 Å². The lowest BCUT2D eigenvalue weighted by atomic mass is 9.92. The molecule has 0 aliphatic rings. The summed E-state index contributed by atoms with van der Waals surface area (Å²) in [6, 6.07) is 13.3. The molecular formula is C21H40N2OSi. The SMILES string of the molecule is CCC(C)O[SiH](CCc1ccccc1)CC(C)(CN(C)C)CN(C)C. The van der Waals surface area contributed by atoms with Crippen LogP contribution in [0.3, 0.4) is 0 Å². The number of aryl methyl sites for hydroxylation is 1. The molecule has 0 heterocycles. The van der Waals surface area contributed by atoms with Crippen LogP contribution in [-0.4, -0.2) is 66.2 Å². The first-order valence-corrected chi connectivity index (χ1v) is 11.8. The molecule has 0 bridgehead atoms. The maximum Gasteiger partial charge on any atom is 0.178 e. The highest BCUT2D eigenvalue weighted by atomic mass is 28.3. The van der Waals surface area contributed by atoms with Gasteiger partial charge in [-0.05, 0) is 71.0 Å². The molecule has 3 nitrogen and oxygen atoms in total. The van der Waals surface area contributed by atoms with Gasteiger partial charge in [0.15, 0.2) is 9.04 Å². The van der Waals surface area contributed by atoms with Crippen LogP contribution in [-0.2, 0) is 10.8 Å². The van der Waals surface area contributed by atoms with Crippen molar-refractivity contribution >= 4 is 9.04 Å². The van der Waals surface area contributed by atoms with Crippen LogP contribution in [0.15, 0.2) is 30.3 Å². The van der Waals surface area contributed by atoms with Gasteiger partial charge in [-0.25, -0.2) is 0 Å². The molecule has 0 saturated heterocycles. The maximum absolute atomic E-state index is 6.58. The molecule has 0 saturated carbocycles. The van der Waals surface area contributed by atoms with Crippen LogP contribution in [0.2, 0.25) is 12.1 Å². The number of benzene rings is 1. The first-order valence-electron chi connectivity index (χ1n) is 9.73. The highest BCUT2D eigenvalue weighted by Crippen LogP contribution is 2.29. The van der Waals surface area contributed by atoms with Crippen LogP contribution in [0.4, 0.5) is 0 Å². The van der Waals surface area contributed by atoms with Gasteiger partial charge in [0, 0.05) is 19.2 Å². The molecule has 0 fully saturated rings. The molecular weight excluding hydrogens is 324 g/mol. The smallest absolute Gasteiger partial charge is 0.178 e. The molecule has 4 heteroatoms. The Bertz CT molecular complexity index is 454. The summed E-state index contributed by atoms with van der Waals surface area (Å²) in [6.07, 6.45) is 2.64. The van der Waals surface area contributed by atoms with E-state index in [1.165, 1.54) is 17.7 Å². The average Bonchev–Trinajstić information content (AvgIpc) is 2.51. The molecule has 2 atom stereocenters. The highest BCUT2D eigenvalue weighted by Gasteiger charge is 2.31. The second-order valence-electron chi connectivity index (χ2n) is 8.49. The van der Waals surface area contributed by atoms with Gasteiger partial charge in [-0.2, -0.15) is 0 Å². The Kier molecular flexibility index (Phi) is 9.94. The Morgan fingerprint density at radius 3 is 2.08 bits per heavy atom. The van der Waals surface area contributed by atoms with Crippen molar-refractivity contribution in [2.24, 2.45) is 5.41 Å². The summed E-state index contributed by atoms with van der Waals surface area (Å²) in [6.45, 7) is 9.13. The summed E-state index contributed by atoms with van der Waals surface area (Å²) >= 11 is 0. The van der Waals surface area contributed by atoms with Gasteiger partial charge in [0.2, 0.25) is 0 Å². The van der Waals surface area contributed by atoms with E-state index in [0.29, 0.717) is 6.10 Å². The van der Waals surface area contributed by atoms with Gasteiger partial charge in [0.25, 0.3) is 0 Å². The molecule has 0 aliphatic heterocycles. The minimum absolute atomic E-state index is 0.286. The first-order chi connectivity index (χ1) is 11.7. The average molecular weight is 365 g/mol. The lowest BCUT2D eigenvalue weighted by Gasteiger charge is -2.38. The van der Waals surface area contributed by atoms with E-state index in [4.69, 9.17) is 4.43 Å². The molecule has 0 amide bonds. The summed E-state index contributed by atoms with van der Waals surface area (Å²) in [5.41, 5.74) is 1.73. The standard InChI is InChI=1S/C21H40N2OSi/c1-8-19(2)24-25(15-14-20-12-10-9-11-13-20)18-21(3,16-22(4)5)17-23(6)7/h9-13,19,25H,8,14-18H2,1-7H3. The predicted molar refractivity (Wildman–Crippen MR) is 113 cm³/mol. The van der Waals surface area contributed by atoms with E-state index in [-0.39, 0.29) is 5.41 Å². The minimum Gasteiger partial charge on any atom is -0.417 e. The molecule has 1 rings (SSSR count). The number of nitrogens with zero attached hydrogens (tertiary/aromatic N) is 2. The quantitative estimate of drug-likeness (QED) is 0.523. The van der Waals surface area contributed by atoms with Crippen LogP contribution in [0.1, 0.15) is 32.8 Å². The van der Waals surface area contributed by atoms with Crippen LogP contribution in [0, 0.1) is 5.41 Å². The van der Waals surface area contributed by atoms with E-state index in [0.717, 1.165) is 25.9 Å². The molecule has 2 unspecified atom stereocenters. The zero-order chi connectivity index (χ0) is 18.9. The van der Waals surface area contributed by atoms with Gasteiger partial charge in [-0.15, -0.1) is 0 Å². The van der Waals surface area contributed by atoms with Crippen molar-refractivity contribution < 1.29 is 4.43 Å². The van der Waals surface area contributed by atoms with Crippen LogP contribution >= 0.6 is 0 Å². The summed E-state index contributed by atoms with van der Waals surface area (Å²) in [4.78, 5) is 4.66. The summed E-state index contributed by atoms with van der Waals surface area (Å²) in [7, 11) is 7.46. The van der Waals surface area contributed by atoms with Crippen molar-refractivity contribution in [1.82, 2.24) is 9.80 Å². The molecule has 0 aromatic heterocycles. The van der Waals surface area contributed by atoms with Gasteiger partial charge >= 0.3 is 0 Å². The number of rotatable bonds is 12. The zero-order valence-corrected chi connectivity index (χ0v) is 18.7. The van der Waals surface area contributed by atoms with E-state index in [9.17, 15) is 0 Å². The van der Waals surface area contributed by atoms with E-state index >= 15 is 0 Å². The molecule has 0 spiro atoms. The van der Waals surface area contributed by atoms with Crippen molar-refractivity contribution in [3.8, 4) is 0 Å². The van der Waals surface area contributed by atoms with Gasteiger partial charge < -0.3 is 14.2 Å². The topological polar surface area (TPSA) is 15.7 Å². The van der Waals surface area contributed by atoms with E-state index in [1.54, 1.807) is 0 Å². The van der Waals surface area contributed by atoms with Crippen molar-refractivity contribution in [2.75, 3.05) is 41.3 Å². The lowest BCUT2D eigenvalue weighted by Crippen LogP contribution is -2.43. The number of hydrogen-bond acceptors (Lipinski definition) is 3. The van der Waals surface area contributed by atoms with Crippen molar-refractivity contribution in [3.05, 3.63) is 35.9 Å². The summed E-state index contributed by atoms with van der Waals surface area (Å²) < 4.78 is 6.58. The third-order valence-corrected chi connectivity index (χ3v) is 7.94. The molecule has 1 aromatic rings. The van der Waals surface area contributed by atoms with Gasteiger partial charge in [-0.1, -0.05) is 44.2 Å². The predicted octanol–water partition coefficient (Wildman–Crippen LogP) is 3.90. The summed E-state index contributed by atoms with van der Waals surface area (Å²) in [5.74, 6) is 0. The van der Waals surface area contributed by atoms with E-state index < -0.39 is 9.04 Å². The zero-order valence-electron chi connectivity index (χ0n) is 17.6. The monoisotopic (exact) mass is 364 g/mol. The second kappa shape index (κ2) is 11.1.